The van der Waals surface area contributed by atoms with Crippen molar-refractivity contribution < 1.29 is 19.8 Å². The number of Topliss-reactive ketones (excluding diaryl/α,β-unsaturated/α-hetero) is 2. The minimum absolute atomic E-state index is 0.110. The van der Waals surface area contributed by atoms with Gasteiger partial charge in [-0.05, 0) is 68.2 Å². The van der Waals surface area contributed by atoms with Crippen LogP contribution in [0.15, 0.2) is 72.8 Å². The summed E-state index contributed by atoms with van der Waals surface area (Å²) in [6.07, 6.45) is 0. The van der Waals surface area contributed by atoms with Crippen molar-refractivity contribution in [1.82, 2.24) is 0 Å². The number of phenols is 2. The summed E-state index contributed by atoms with van der Waals surface area (Å²) in [5.74, 6) is 0.268. The molecule has 0 saturated carbocycles. The van der Waals surface area contributed by atoms with E-state index < -0.39 is 21.7 Å². The average molecular weight is 667 g/mol. The fourth-order valence-electron chi connectivity index (χ4n) is 7.48. The molecule has 0 bridgehead atoms. The van der Waals surface area contributed by atoms with E-state index in [1.165, 1.54) is 0 Å². The van der Waals surface area contributed by atoms with Gasteiger partial charge in [-0.15, -0.1) is 0 Å². The normalized spacial score (nSPS) is 15.3. The number of ketones is 2. The van der Waals surface area contributed by atoms with Gasteiger partial charge in [0.05, 0.1) is 0 Å². The third-order valence-corrected chi connectivity index (χ3v) is 10.1. The number of carbonyl (C=O) groups excluding carboxylic acids is 2. The Hall–Kier alpha value is -4.70. The number of aromatic hydroxyl groups is 2. The van der Waals surface area contributed by atoms with Gasteiger partial charge in [-0.25, -0.2) is 0 Å². The first-order valence-corrected chi connectivity index (χ1v) is 17.6. The Kier molecular flexibility index (Phi) is 8.02. The average Bonchev–Trinajstić information content (AvgIpc) is 3.45. The van der Waals surface area contributed by atoms with Crippen LogP contribution < -0.4 is 0 Å². The molecule has 4 nitrogen and oxygen atoms in total. The van der Waals surface area contributed by atoms with Gasteiger partial charge in [0, 0.05) is 55.7 Å². The molecule has 0 heterocycles. The summed E-state index contributed by atoms with van der Waals surface area (Å²) < 4.78 is 0. The van der Waals surface area contributed by atoms with E-state index in [2.05, 4.69) is 83.1 Å². The minimum atomic E-state index is -0.408. The van der Waals surface area contributed by atoms with Crippen LogP contribution in [-0.4, -0.2) is 21.8 Å². The zero-order valence-electron chi connectivity index (χ0n) is 31.6. The Morgan fingerprint density at radius 2 is 0.620 bits per heavy atom. The van der Waals surface area contributed by atoms with Crippen LogP contribution in [0.2, 0.25) is 0 Å². The van der Waals surface area contributed by atoms with Gasteiger partial charge in [0.2, 0.25) is 0 Å². The highest BCUT2D eigenvalue weighted by molar-refractivity contribution is 6.52. The van der Waals surface area contributed by atoms with Crippen LogP contribution in [0.5, 0.6) is 11.5 Å². The third kappa shape index (κ3) is 5.63. The van der Waals surface area contributed by atoms with E-state index in [0.717, 1.165) is 33.4 Å². The maximum absolute atomic E-state index is 14.8. The highest BCUT2D eigenvalue weighted by atomic mass is 16.3. The van der Waals surface area contributed by atoms with Gasteiger partial charge < -0.3 is 10.2 Å². The van der Waals surface area contributed by atoms with Crippen LogP contribution in [0.1, 0.15) is 148 Å². The van der Waals surface area contributed by atoms with E-state index in [4.69, 9.17) is 0 Å². The molecular weight excluding hydrogens is 617 g/mol. The van der Waals surface area contributed by atoms with E-state index in [0.29, 0.717) is 44.5 Å². The Bertz CT molecular complexity index is 1950. The van der Waals surface area contributed by atoms with Crippen LogP contribution in [0, 0.1) is 0 Å². The van der Waals surface area contributed by atoms with E-state index in [9.17, 15) is 19.8 Å². The monoisotopic (exact) mass is 666 g/mol. The fourth-order valence-corrected chi connectivity index (χ4v) is 7.48. The largest absolute Gasteiger partial charge is 0.507 e. The molecule has 2 N–H and O–H groups in total. The van der Waals surface area contributed by atoms with E-state index in [-0.39, 0.29) is 23.1 Å². The number of phenolic OH excluding ortho intramolecular Hbond substituents is 2. The first-order valence-electron chi connectivity index (χ1n) is 17.6. The molecule has 0 amide bonds. The molecule has 0 aliphatic heterocycles. The van der Waals surface area contributed by atoms with Crippen molar-refractivity contribution in [3.8, 4) is 11.5 Å². The molecule has 0 saturated heterocycles. The highest BCUT2D eigenvalue weighted by Gasteiger charge is 2.41. The summed E-state index contributed by atoms with van der Waals surface area (Å²) in [5.41, 5.74) is 8.03. The zero-order chi connectivity index (χ0) is 36.9. The lowest BCUT2D eigenvalue weighted by Gasteiger charge is -2.29. The molecule has 4 aromatic carbocycles. The molecule has 2 aliphatic carbocycles. The summed E-state index contributed by atoms with van der Waals surface area (Å²) in [6, 6.07) is 23.1. The van der Waals surface area contributed by atoms with Gasteiger partial charge in [-0.2, -0.15) is 0 Å². The maximum atomic E-state index is 14.8. The molecule has 0 fully saturated rings. The lowest BCUT2D eigenvalue weighted by molar-refractivity contribution is 0.105. The Balaban J connectivity index is 1.82. The molecule has 2 aliphatic rings. The number of hydrogen-bond acceptors (Lipinski definition) is 4. The van der Waals surface area contributed by atoms with Crippen molar-refractivity contribution in [2.75, 3.05) is 0 Å². The number of fused-ring (bicyclic) bond motifs is 2. The van der Waals surface area contributed by atoms with Crippen LogP contribution in [0.4, 0.5) is 0 Å². The van der Waals surface area contributed by atoms with Crippen molar-refractivity contribution in [3.05, 3.63) is 128 Å². The van der Waals surface area contributed by atoms with Crippen molar-refractivity contribution in [3.63, 3.8) is 0 Å². The Morgan fingerprint density at radius 3 is 0.860 bits per heavy atom. The third-order valence-electron chi connectivity index (χ3n) is 10.1. The number of benzene rings is 4. The van der Waals surface area contributed by atoms with Gasteiger partial charge in [-0.3, -0.25) is 9.59 Å². The summed E-state index contributed by atoms with van der Waals surface area (Å²) in [5, 5.41) is 23.3. The second kappa shape index (κ2) is 11.4. The van der Waals surface area contributed by atoms with Gasteiger partial charge >= 0.3 is 0 Å². The lowest BCUT2D eigenvalue weighted by Crippen LogP contribution is -2.18. The molecule has 50 heavy (non-hydrogen) atoms. The van der Waals surface area contributed by atoms with Crippen molar-refractivity contribution in [2.45, 2.75) is 105 Å². The molecule has 0 unspecified atom stereocenters. The molecule has 0 radical (unpaired) electrons. The first-order chi connectivity index (χ1) is 23.0. The zero-order valence-corrected chi connectivity index (χ0v) is 31.6. The summed E-state index contributed by atoms with van der Waals surface area (Å²) in [7, 11) is 0. The van der Waals surface area contributed by atoms with Crippen molar-refractivity contribution in [1.29, 1.82) is 0 Å². The van der Waals surface area contributed by atoms with Gasteiger partial charge in [0.1, 0.15) is 11.5 Å². The van der Waals surface area contributed by atoms with Crippen LogP contribution in [-0.2, 0) is 21.7 Å². The topological polar surface area (TPSA) is 74.6 Å². The molecule has 0 aromatic heterocycles. The molecule has 0 atom stereocenters. The Morgan fingerprint density at radius 1 is 0.380 bits per heavy atom. The number of hydrogen-bond donors (Lipinski definition) is 2. The molecule has 0 spiro atoms. The van der Waals surface area contributed by atoms with E-state index in [1.807, 2.05) is 72.8 Å². The second-order valence-corrected chi connectivity index (χ2v) is 18.1. The van der Waals surface area contributed by atoms with Crippen LogP contribution in [0.25, 0.3) is 22.3 Å². The van der Waals surface area contributed by atoms with Gasteiger partial charge in [-0.1, -0.05) is 132 Å². The molecular formula is C46H50O4. The van der Waals surface area contributed by atoms with E-state index in [1.54, 1.807) is 0 Å². The molecule has 4 heteroatoms. The van der Waals surface area contributed by atoms with Gasteiger partial charge in [0.15, 0.2) is 11.6 Å². The summed E-state index contributed by atoms with van der Waals surface area (Å²) in [6.45, 7) is 24.8. The van der Waals surface area contributed by atoms with Crippen molar-refractivity contribution >= 4 is 33.9 Å². The Labute approximate surface area is 297 Å². The smallest absolute Gasteiger partial charge is 0.194 e. The van der Waals surface area contributed by atoms with Crippen molar-refractivity contribution in [2.24, 2.45) is 0 Å². The molecule has 4 aromatic rings. The number of rotatable bonds is 3. The first kappa shape index (κ1) is 35.1. The number of allylic oxidation sites excluding steroid dienone is 4. The molecule has 258 valence electrons. The van der Waals surface area contributed by atoms with Gasteiger partial charge in [0.25, 0.3) is 0 Å². The summed E-state index contributed by atoms with van der Waals surface area (Å²) in [4.78, 5) is 29.5. The van der Waals surface area contributed by atoms with Crippen LogP contribution in [0.3, 0.4) is 0 Å². The standard InChI is InChI=1S/C46H50O4/c1-43(2,3)31-21-25(22-32(41(31)49)44(4,5)6)35-37(27-17-13-15-19-29(27)39(35)47)38-28-18-14-16-20-30(28)40(48)36(38)26-23-33(45(7,8)9)42(50)34(24-26)46(10,11)12/h13-24,49-50H,1-12H3. The lowest BCUT2D eigenvalue weighted by atomic mass is 9.76. The maximum Gasteiger partial charge on any atom is 0.194 e. The molecule has 6 rings (SSSR count). The minimum Gasteiger partial charge on any atom is -0.507 e. The van der Waals surface area contributed by atoms with E-state index >= 15 is 0 Å². The SMILES string of the molecule is CC(C)(C)c1cc(C2=C(C3=C(c4cc(C(C)(C)C)c(O)c(C(C)(C)C)c4)C(=O)c4ccccc43)c3ccccc3C2=O)cc(C(C)(C)C)c1O. The number of carbonyl (C=O) groups is 2. The highest BCUT2D eigenvalue weighted by Crippen LogP contribution is 2.54. The fraction of sp³-hybridized carbons (Fsp3) is 0.348. The quantitative estimate of drug-likeness (QED) is 0.228. The van der Waals surface area contributed by atoms with Crippen LogP contribution >= 0.6 is 0 Å². The summed E-state index contributed by atoms with van der Waals surface area (Å²) >= 11 is 0. The second-order valence-electron chi connectivity index (χ2n) is 18.1. The predicted molar refractivity (Wildman–Crippen MR) is 206 cm³/mol. The predicted octanol–water partition coefficient (Wildman–Crippen LogP) is 11.2.